The molecule has 1 aromatic heterocycles. The molecule has 0 aliphatic heterocycles. The maximum absolute atomic E-state index is 8.88. The Balaban J connectivity index is 2.07. The van der Waals surface area contributed by atoms with Gasteiger partial charge in [-0.15, -0.1) is 0 Å². The zero-order valence-electron chi connectivity index (χ0n) is 10.2. The highest BCUT2D eigenvalue weighted by Gasteiger charge is 2.36. The van der Waals surface area contributed by atoms with Gasteiger partial charge in [0.15, 0.2) is 0 Å². The molecule has 0 saturated heterocycles. The van der Waals surface area contributed by atoms with Gasteiger partial charge in [-0.2, -0.15) is 5.26 Å². The van der Waals surface area contributed by atoms with E-state index in [0.29, 0.717) is 0 Å². The van der Waals surface area contributed by atoms with E-state index in [1.165, 1.54) is 18.4 Å². The first-order valence-electron chi connectivity index (χ1n) is 6.34. The summed E-state index contributed by atoms with van der Waals surface area (Å²) in [6.45, 7) is 0. The summed E-state index contributed by atoms with van der Waals surface area (Å²) in [6.07, 6.45) is 10.6. The van der Waals surface area contributed by atoms with Crippen molar-refractivity contribution in [3.8, 4) is 6.07 Å². The molecule has 1 saturated carbocycles. The Bertz CT molecular complexity index is 555. The Morgan fingerprint density at radius 2 is 1.89 bits per heavy atom. The second kappa shape index (κ2) is 4.30. The smallest absolute Gasteiger partial charge is 0.0991 e. The van der Waals surface area contributed by atoms with Crippen LogP contribution in [-0.4, -0.2) is 9.55 Å². The lowest BCUT2D eigenvalue weighted by atomic mass is 9.87. The van der Waals surface area contributed by atoms with E-state index in [1.807, 2.05) is 30.9 Å². The van der Waals surface area contributed by atoms with Crippen LogP contribution in [0.4, 0.5) is 0 Å². The van der Waals surface area contributed by atoms with E-state index in [9.17, 15) is 0 Å². The van der Waals surface area contributed by atoms with Gasteiger partial charge in [-0.3, -0.25) is 0 Å². The Hall–Kier alpha value is -2.08. The average molecular weight is 237 g/mol. The van der Waals surface area contributed by atoms with Gasteiger partial charge in [0.25, 0.3) is 0 Å². The van der Waals surface area contributed by atoms with Crippen LogP contribution in [0, 0.1) is 11.3 Å². The molecule has 3 rings (SSSR count). The monoisotopic (exact) mass is 237 g/mol. The molecule has 1 aliphatic rings. The predicted octanol–water partition coefficient (Wildman–Crippen LogP) is 3.07. The molecule has 0 unspecified atom stereocenters. The summed E-state index contributed by atoms with van der Waals surface area (Å²) in [4.78, 5) is 4.18. The maximum atomic E-state index is 8.88. The minimum absolute atomic E-state index is 0.0461. The van der Waals surface area contributed by atoms with Crippen LogP contribution in [0.25, 0.3) is 0 Å². The van der Waals surface area contributed by atoms with Gasteiger partial charge in [-0.05, 0) is 30.5 Å². The van der Waals surface area contributed by atoms with Crippen molar-refractivity contribution in [2.75, 3.05) is 0 Å². The highest BCUT2D eigenvalue weighted by atomic mass is 15.1. The van der Waals surface area contributed by atoms with Crippen LogP contribution in [0.1, 0.15) is 36.8 Å². The van der Waals surface area contributed by atoms with Crippen LogP contribution in [0.5, 0.6) is 0 Å². The lowest BCUT2D eigenvalue weighted by Crippen LogP contribution is -2.30. The molecule has 2 aromatic rings. The van der Waals surface area contributed by atoms with E-state index in [2.05, 4.69) is 27.8 Å². The molecule has 0 amide bonds. The quantitative estimate of drug-likeness (QED) is 0.805. The molecule has 1 heterocycles. The maximum Gasteiger partial charge on any atom is 0.0991 e. The van der Waals surface area contributed by atoms with Crippen LogP contribution >= 0.6 is 0 Å². The van der Waals surface area contributed by atoms with E-state index in [4.69, 9.17) is 5.26 Å². The number of hydrogen-bond acceptors (Lipinski definition) is 2. The Labute approximate surface area is 107 Å². The highest BCUT2D eigenvalue weighted by Crippen LogP contribution is 2.42. The standard InChI is InChI=1S/C15H15N3/c16-11-13-3-5-14(6-4-13)15(7-1-2-8-15)18-10-9-17-12-18/h3-6,9-10,12H,1-2,7-8H2. The topological polar surface area (TPSA) is 41.6 Å². The first-order chi connectivity index (χ1) is 8.85. The Kier molecular flexibility index (Phi) is 2.64. The van der Waals surface area contributed by atoms with E-state index in [-0.39, 0.29) is 5.54 Å². The van der Waals surface area contributed by atoms with Crippen LogP contribution in [-0.2, 0) is 5.54 Å². The van der Waals surface area contributed by atoms with Crippen molar-refractivity contribution in [2.24, 2.45) is 0 Å². The largest absolute Gasteiger partial charge is 0.327 e. The van der Waals surface area contributed by atoms with Crippen LogP contribution < -0.4 is 0 Å². The summed E-state index contributed by atoms with van der Waals surface area (Å²) in [5.41, 5.74) is 2.05. The highest BCUT2D eigenvalue weighted by molar-refractivity contribution is 5.36. The molecule has 3 heteroatoms. The SMILES string of the molecule is N#Cc1ccc(C2(n3ccnc3)CCCC2)cc1. The zero-order valence-corrected chi connectivity index (χ0v) is 10.2. The normalized spacial score (nSPS) is 17.5. The number of nitriles is 1. The van der Waals surface area contributed by atoms with Gasteiger partial charge < -0.3 is 4.57 Å². The van der Waals surface area contributed by atoms with Crippen LogP contribution in [0.2, 0.25) is 0 Å². The summed E-state index contributed by atoms with van der Waals surface area (Å²) in [5, 5.41) is 8.88. The van der Waals surface area contributed by atoms with Crippen molar-refractivity contribution in [1.29, 1.82) is 5.26 Å². The Morgan fingerprint density at radius 1 is 1.17 bits per heavy atom. The average Bonchev–Trinajstić information content (AvgIpc) is 3.10. The van der Waals surface area contributed by atoms with Crippen molar-refractivity contribution >= 4 is 0 Å². The molecule has 0 bridgehead atoms. The minimum atomic E-state index is 0.0461. The van der Waals surface area contributed by atoms with E-state index in [0.717, 1.165) is 18.4 Å². The van der Waals surface area contributed by atoms with Crippen molar-refractivity contribution in [3.05, 3.63) is 54.1 Å². The molecule has 1 fully saturated rings. The summed E-state index contributed by atoms with van der Waals surface area (Å²) in [7, 11) is 0. The van der Waals surface area contributed by atoms with Gasteiger partial charge in [0, 0.05) is 12.4 Å². The Morgan fingerprint density at radius 3 is 2.44 bits per heavy atom. The molecule has 0 N–H and O–H groups in total. The second-order valence-electron chi connectivity index (χ2n) is 4.90. The summed E-state index contributed by atoms with van der Waals surface area (Å²) in [6, 6.07) is 10.2. The van der Waals surface area contributed by atoms with Crippen molar-refractivity contribution in [2.45, 2.75) is 31.2 Å². The minimum Gasteiger partial charge on any atom is -0.327 e. The fraction of sp³-hybridized carbons (Fsp3) is 0.333. The molecule has 18 heavy (non-hydrogen) atoms. The van der Waals surface area contributed by atoms with Gasteiger partial charge in [0.05, 0.1) is 23.5 Å². The predicted molar refractivity (Wildman–Crippen MR) is 68.9 cm³/mol. The number of hydrogen-bond donors (Lipinski definition) is 0. The third-order valence-electron chi connectivity index (χ3n) is 3.98. The number of nitrogens with zero attached hydrogens (tertiary/aromatic N) is 3. The summed E-state index contributed by atoms with van der Waals surface area (Å²) in [5.74, 6) is 0. The van der Waals surface area contributed by atoms with E-state index in [1.54, 1.807) is 0 Å². The summed E-state index contributed by atoms with van der Waals surface area (Å²) >= 11 is 0. The van der Waals surface area contributed by atoms with Gasteiger partial charge in [0.1, 0.15) is 0 Å². The number of rotatable bonds is 2. The molecule has 90 valence electrons. The van der Waals surface area contributed by atoms with Gasteiger partial charge >= 0.3 is 0 Å². The van der Waals surface area contributed by atoms with Gasteiger partial charge in [0.2, 0.25) is 0 Å². The van der Waals surface area contributed by atoms with Crippen molar-refractivity contribution in [1.82, 2.24) is 9.55 Å². The fourth-order valence-corrected chi connectivity index (χ4v) is 3.02. The molecular weight excluding hydrogens is 222 g/mol. The molecule has 3 nitrogen and oxygen atoms in total. The molecule has 0 radical (unpaired) electrons. The molecule has 0 atom stereocenters. The lowest BCUT2D eigenvalue weighted by Gasteiger charge is -2.31. The number of benzene rings is 1. The lowest BCUT2D eigenvalue weighted by molar-refractivity contribution is 0.365. The van der Waals surface area contributed by atoms with Crippen LogP contribution in [0.15, 0.2) is 43.0 Å². The third kappa shape index (κ3) is 1.62. The second-order valence-corrected chi connectivity index (χ2v) is 4.90. The van der Waals surface area contributed by atoms with Gasteiger partial charge in [-0.25, -0.2) is 4.98 Å². The fourth-order valence-electron chi connectivity index (χ4n) is 3.02. The van der Waals surface area contributed by atoms with E-state index < -0.39 is 0 Å². The molecular formula is C15H15N3. The zero-order chi connectivity index (χ0) is 12.4. The number of imidazole rings is 1. The first kappa shape index (κ1) is 11.0. The van der Waals surface area contributed by atoms with Crippen molar-refractivity contribution in [3.63, 3.8) is 0 Å². The molecule has 1 aromatic carbocycles. The third-order valence-corrected chi connectivity index (χ3v) is 3.98. The first-order valence-corrected chi connectivity index (χ1v) is 6.34. The summed E-state index contributed by atoms with van der Waals surface area (Å²) < 4.78 is 2.22. The van der Waals surface area contributed by atoms with Crippen LogP contribution in [0.3, 0.4) is 0 Å². The molecule has 1 aliphatic carbocycles. The molecule has 0 spiro atoms. The number of aromatic nitrogens is 2. The van der Waals surface area contributed by atoms with Gasteiger partial charge in [-0.1, -0.05) is 25.0 Å². The van der Waals surface area contributed by atoms with E-state index >= 15 is 0 Å². The van der Waals surface area contributed by atoms with Crippen molar-refractivity contribution < 1.29 is 0 Å².